The predicted octanol–water partition coefficient (Wildman–Crippen LogP) is 9.92. The van der Waals surface area contributed by atoms with Crippen molar-refractivity contribution in [1.82, 2.24) is 0 Å². The van der Waals surface area contributed by atoms with Gasteiger partial charge >= 0.3 is 0 Å². The van der Waals surface area contributed by atoms with Gasteiger partial charge in [-0.2, -0.15) is 0 Å². The fourth-order valence-corrected chi connectivity index (χ4v) is 4.77. The molecular weight excluding hydrogens is 447 g/mol. The summed E-state index contributed by atoms with van der Waals surface area (Å²) in [4.78, 5) is 0. The molecule has 0 N–H and O–H groups in total. The molecule has 196 valence electrons. The Labute approximate surface area is 218 Å². The highest BCUT2D eigenvalue weighted by molar-refractivity contribution is 5.63. The third-order valence-corrected chi connectivity index (χ3v) is 6.99. The number of allylic oxidation sites excluding steroid dienone is 2. The van der Waals surface area contributed by atoms with E-state index in [-0.39, 0.29) is 17.8 Å². The van der Waals surface area contributed by atoms with Gasteiger partial charge in [0.15, 0.2) is 5.83 Å². The smallest absolute Gasteiger partial charge is 0.242 e. The fraction of sp³-hybridized carbons (Fsp3) is 0.515. The zero-order valence-electron chi connectivity index (χ0n) is 22.6. The third-order valence-electron chi connectivity index (χ3n) is 6.99. The lowest BCUT2D eigenvalue weighted by Crippen LogP contribution is -2.40. The molecule has 0 fully saturated rings. The van der Waals surface area contributed by atoms with Gasteiger partial charge in [0.2, 0.25) is 5.79 Å². The first-order chi connectivity index (χ1) is 17.6. The Morgan fingerprint density at radius 1 is 0.806 bits per heavy atom. The minimum atomic E-state index is -1.41. The molecule has 3 rings (SSSR count). The van der Waals surface area contributed by atoms with Crippen molar-refractivity contribution in [3.8, 4) is 11.1 Å². The maximum atomic E-state index is 15.8. The lowest BCUT2D eigenvalue weighted by Gasteiger charge is -2.35. The van der Waals surface area contributed by atoms with Gasteiger partial charge in [0.05, 0.1) is 12.7 Å². The number of hydrogen-bond acceptors (Lipinski definition) is 2. The summed E-state index contributed by atoms with van der Waals surface area (Å²) in [6, 6.07) is 18.7. The Balaban J connectivity index is 1.67. The van der Waals surface area contributed by atoms with Gasteiger partial charge in [-0.25, -0.2) is 4.39 Å². The van der Waals surface area contributed by atoms with Gasteiger partial charge in [-0.3, -0.25) is 0 Å². The van der Waals surface area contributed by atoms with E-state index in [4.69, 9.17) is 9.47 Å². The summed E-state index contributed by atoms with van der Waals surface area (Å²) in [5, 5.41) is 0. The van der Waals surface area contributed by atoms with Crippen LogP contribution in [0.25, 0.3) is 11.1 Å². The monoisotopic (exact) mass is 492 g/mol. The average Bonchev–Trinajstić information content (AvgIpc) is 2.90. The maximum absolute atomic E-state index is 15.8. The van der Waals surface area contributed by atoms with Crippen LogP contribution in [-0.4, -0.2) is 18.5 Å². The number of halogens is 1. The van der Waals surface area contributed by atoms with Crippen molar-refractivity contribution in [2.24, 2.45) is 0 Å². The van der Waals surface area contributed by atoms with E-state index >= 15 is 4.39 Å². The Morgan fingerprint density at radius 3 is 2.14 bits per heavy atom. The van der Waals surface area contributed by atoms with Gasteiger partial charge in [-0.05, 0) is 48.6 Å². The Hall–Kier alpha value is -2.23. The van der Waals surface area contributed by atoms with E-state index in [1.807, 2.05) is 37.3 Å². The summed E-state index contributed by atoms with van der Waals surface area (Å²) in [7, 11) is 0. The maximum Gasteiger partial charge on any atom is 0.242 e. The van der Waals surface area contributed by atoms with Crippen LogP contribution < -0.4 is 0 Å². The van der Waals surface area contributed by atoms with Crippen LogP contribution in [0.5, 0.6) is 0 Å². The first-order valence-corrected chi connectivity index (χ1v) is 14.1. The van der Waals surface area contributed by atoms with Crippen molar-refractivity contribution in [2.75, 3.05) is 6.61 Å². The van der Waals surface area contributed by atoms with Crippen LogP contribution in [0.3, 0.4) is 0 Å². The van der Waals surface area contributed by atoms with Crippen molar-refractivity contribution < 1.29 is 13.9 Å². The molecule has 0 aromatic heterocycles. The van der Waals surface area contributed by atoms with Crippen molar-refractivity contribution in [2.45, 2.75) is 103 Å². The molecule has 0 saturated heterocycles. The van der Waals surface area contributed by atoms with Crippen LogP contribution in [0, 0.1) is 0 Å². The van der Waals surface area contributed by atoms with Gasteiger partial charge in [0.25, 0.3) is 0 Å². The van der Waals surface area contributed by atoms with Crippen molar-refractivity contribution in [1.29, 1.82) is 0 Å². The highest BCUT2D eigenvalue weighted by Gasteiger charge is 2.39. The molecule has 3 heteroatoms. The number of hydrogen-bond donors (Lipinski definition) is 0. The second kappa shape index (κ2) is 15.1. The van der Waals surface area contributed by atoms with E-state index in [1.54, 1.807) is 6.08 Å². The zero-order chi connectivity index (χ0) is 25.6. The first-order valence-electron chi connectivity index (χ1n) is 14.1. The van der Waals surface area contributed by atoms with Crippen LogP contribution in [-0.2, 0) is 9.47 Å². The van der Waals surface area contributed by atoms with Crippen LogP contribution in [0.15, 0.2) is 78.7 Å². The number of unbranched alkanes of at least 4 members (excludes halogenated alkanes) is 7. The number of ether oxygens (including phenoxy) is 2. The summed E-state index contributed by atoms with van der Waals surface area (Å²) in [5.41, 5.74) is 3.39. The van der Waals surface area contributed by atoms with Crippen LogP contribution in [0.2, 0.25) is 0 Å². The first kappa shape index (κ1) is 28.3. The van der Waals surface area contributed by atoms with E-state index in [0.29, 0.717) is 6.61 Å². The van der Waals surface area contributed by atoms with Gasteiger partial charge in [-0.1, -0.05) is 126 Å². The highest BCUT2D eigenvalue weighted by atomic mass is 19.1. The molecule has 3 atom stereocenters. The molecular formula is C33H45FO2. The summed E-state index contributed by atoms with van der Waals surface area (Å²) in [6.07, 6.45) is 16.7. The quantitative estimate of drug-likeness (QED) is 0.132. The third kappa shape index (κ3) is 8.42. The summed E-state index contributed by atoms with van der Waals surface area (Å²) in [5.74, 6) is -1.88. The standard InChI is InChI=1S/C33H45FO2/c1-4-6-8-9-10-15-25-35-33(36-27(3)16-12-7-5-2)24-23-31(26-32(33)34)30-21-19-29(20-22-30)28-17-13-11-14-18-28/h11,13-14,17-24,26-27,31H,4-10,12,15-16,25H2,1-3H3. The van der Waals surface area contributed by atoms with Gasteiger partial charge in [0.1, 0.15) is 0 Å². The van der Waals surface area contributed by atoms with Gasteiger partial charge in [0, 0.05) is 5.92 Å². The lowest BCUT2D eigenvalue weighted by molar-refractivity contribution is -0.213. The number of benzene rings is 2. The molecule has 36 heavy (non-hydrogen) atoms. The molecule has 1 aliphatic carbocycles. The van der Waals surface area contributed by atoms with Crippen LogP contribution >= 0.6 is 0 Å². The van der Waals surface area contributed by atoms with Crippen LogP contribution in [0.4, 0.5) is 4.39 Å². The van der Waals surface area contributed by atoms with E-state index in [1.165, 1.54) is 31.2 Å². The lowest BCUT2D eigenvalue weighted by atomic mass is 9.90. The van der Waals surface area contributed by atoms with Crippen LogP contribution in [0.1, 0.15) is 96.5 Å². The summed E-state index contributed by atoms with van der Waals surface area (Å²) < 4.78 is 28.2. The van der Waals surface area contributed by atoms with E-state index < -0.39 is 5.79 Å². The molecule has 0 spiro atoms. The largest absolute Gasteiger partial charge is 0.341 e. The molecule has 2 aromatic rings. The van der Waals surface area contributed by atoms with Crippen molar-refractivity contribution in [3.05, 3.63) is 84.2 Å². The molecule has 3 unspecified atom stereocenters. The summed E-state index contributed by atoms with van der Waals surface area (Å²) >= 11 is 0. The van der Waals surface area contributed by atoms with Gasteiger partial charge < -0.3 is 9.47 Å². The Bertz CT molecular complexity index is 934. The van der Waals surface area contributed by atoms with E-state index in [0.717, 1.165) is 49.7 Å². The molecule has 0 saturated carbocycles. The summed E-state index contributed by atoms with van der Waals surface area (Å²) in [6.45, 7) is 6.94. The normalized spacial score (nSPS) is 20.3. The SMILES string of the molecule is CCCCCCCCOC1(OC(C)CCCCC)C=CC(c2ccc(-c3ccccc3)cc2)C=C1F. The van der Waals surface area contributed by atoms with E-state index in [2.05, 4.69) is 50.2 Å². The fourth-order valence-electron chi connectivity index (χ4n) is 4.77. The molecule has 1 aliphatic rings. The Morgan fingerprint density at radius 2 is 1.44 bits per heavy atom. The topological polar surface area (TPSA) is 18.5 Å². The van der Waals surface area contributed by atoms with E-state index in [9.17, 15) is 0 Å². The average molecular weight is 493 g/mol. The van der Waals surface area contributed by atoms with Crippen molar-refractivity contribution in [3.63, 3.8) is 0 Å². The zero-order valence-corrected chi connectivity index (χ0v) is 22.6. The Kier molecular flexibility index (Phi) is 11.9. The minimum absolute atomic E-state index is 0.0772. The second-order valence-electron chi connectivity index (χ2n) is 10.1. The second-order valence-corrected chi connectivity index (χ2v) is 10.1. The molecule has 2 nitrogen and oxygen atoms in total. The molecule has 0 aliphatic heterocycles. The molecule has 0 bridgehead atoms. The van der Waals surface area contributed by atoms with Crippen molar-refractivity contribution >= 4 is 0 Å². The molecule has 0 heterocycles. The molecule has 2 aromatic carbocycles. The molecule has 0 radical (unpaired) electrons. The molecule has 0 amide bonds. The number of rotatable bonds is 16. The highest BCUT2D eigenvalue weighted by Crippen LogP contribution is 2.38. The minimum Gasteiger partial charge on any atom is -0.341 e. The predicted molar refractivity (Wildman–Crippen MR) is 150 cm³/mol. The van der Waals surface area contributed by atoms with Gasteiger partial charge in [-0.15, -0.1) is 0 Å².